The van der Waals surface area contributed by atoms with Gasteiger partial charge in [0.15, 0.2) is 0 Å². The van der Waals surface area contributed by atoms with E-state index in [-0.39, 0.29) is 0 Å². The Hall–Kier alpha value is -0.510. The van der Waals surface area contributed by atoms with E-state index < -0.39 is 0 Å². The van der Waals surface area contributed by atoms with E-state index in [0.717, 1.165) is 25.4 Å². The van der Waals surface area contributed by atoms with Gasteiger partial charge in [-0.05, 0) is 37.1 Å². The van der Waals surface area contributed by atoms with Gasteiger partial charge in [0.05, 0.1) is 6.10 Å². The molecule has 0 aliphatic carbocycles. The first-order chi connectivity index (χ1) is 10.3. The van der Waals surface area contributed by atoms with Crippen LogP contribution in [0.25, 0.3) is 0 Å². The standard InChI is InChI=1S/C18H29O2S/c1-3-11-19-16(2)13-21(15-18-10-7-12-20-18)14-17-8-5-4-6-9-17/h4-6,8-9,16,18H,3,7,10-15H2,1-2H3/q+1. The molecule has 118 valence electrons. The van der Waals surface area contributed by atoms with Crippen LogP contribution in [-0.2, 0) is 26.1 Å². The van der Waals surface area contributed by atoms with Crippen molar-refractivity contribution < 1.29 is 9.47 Å². The van der Waals surface area contributed by atoms with Gasteiger partial charge < -0.3 is 9.47 Å². The summed E-state index contributed by atoms with van der Waals surface area (Å²) in [6.45, 7) is 6.22. The first kappa shape index (κ1) is 16.9. The summed E-state index contributed by atoms with van der Waals surface area (Å²) in [6, 6.07) is 10.9. The summed E-state index contributed by atoms with van der Waals surface area (Å²) >= 11 is 0. The Morgan fingerprint density at radius 3 is 2.81 bits per heavy atom. The summed E-state index contributed by atoms with van der Waals surface area (Å²) in [5, 5.41) is 0. The minimum absolute atomic E-state index is 0.351. The maximum atomic E-state index is 5.89. The van der Waals surface area contributed by atoms with E-state index in [4.69, 9.17) is 9.47 Å². The number of hydrogen-bond acceptors (Lipinski definition) is 2. The molecule has 1 saturated heterocycles. The van der Waals surface area contributed by atoms with Crippen LogP contribution >= 0.6 is 0 Å². The topological polar surface area (TPSA) is 18.5 Å². The van der Waals surface area contributed by atoms with E-state index >= 15 is 0 Å². The van der Waals surface area contributed by atoms with Crippen LogP contribution < -0.4 is 0 Å². The van der Waals surface area contributed by atoms with E-state index in [1.807, 2.05) is 0 Å². The van der Waals surface area contributed by atoms with Gasteiger partial charge in [0, 0.05) is 18.8 Å². The molecule has 3 atom stereocenters. The molecule has 1 aliphatic heterocycles. The van der Waals surface area contributed by atoms with Crippen LogP contribution in [0.5, 0.6) is 0 Å². The molecule has 2 rings (SSSR count). The normalized spacial score (nSPS) is 21.3. The van der Waals surface area contributed by atoms with Crippen molar-refractivity contribution in [3.63, 3.8) is 0 Å². The van der Waals surface area contributed by atoms with Gasteiger partial charge in [0.1, 0.15) is 23.4 Å². The Kier molecular flexibility index (Phi) is 7.62. The number of rotatable bonds is 9. The zero-order valence-corrected chi connectivity index (χ0v) is 14.2. The highest BCUT2D eigenvalue weighted by atomic mass is 32.2. The SMILES string of the molecule is CCCOC(C)C[S+](Cc1ccccc1)CC1CCCO1. The highest BCUT2D eigenvalue weighted by Crippen LogP contribution is 2.19. The van der Waals surface area contributed by atoms with Gasteiger partial charge in [-0.15, -0.1) is 0 Å². The maximum Gasteiger partial charge on any atom is 0.134 e. The lowest BCUT2D eigenvalue weighted by molar-refractivity contribution is 0.0818. The van der Waals surface area contributed by atoms with E-state index in [1.54, 1.807) is 0 Å². The van der Waals surface area contributed by atoms with Gasteiger partial charge in [-0.3, -0.25) is 0 Å². The number of hydrogen-bond donors (Lipinski definition) is 0. The molecule has 1 heterocycles. The Morgan fingerprint density at radius 2 is 2.14 bits per heavy atom. The Morgan fingerprint density at radius 1 is 1.33 bits per heavy atom. The fourth-order valence-corrected chi connectivity index (χ4v) is 5.32. The van der Waals surface area contributed by atoms with Crippen LogP contribution in [-0.4, -0.2) is 36.9 Å². The molecular formula is C18H29O2S+. The third-order valence-electron chi connectivity index (χ3n) is 3.74. The van der Waals surface area contributed by atoms with Crippen LogP contribution in [0.15, 0.2) is 30.3 Å². The highest BCUT2D eigenvalue weighted by molar-refractivity contribution is 7.96. The minimum atomic E-state index is 0.351. The van der Waals surface area contributed by atoms with Gasteiger partial charge >= 0.3 is 0 Å². The molecule has 21 heavy (non-hydrogen) atoms. The number of benzene rings is 1. The first-order valence-electron chi connectivity index (χ1n) is 8.19. The van der Waals surface area contributed by atoms with Crippen LogP contribution in [0, 0.1) is 0 Å². The van der Waals surface area contributed by atoms with E-state index in [0.29, 0.717) is 23.1 Å². The fourth-order valence-electron chi connectivity index (χ4n) is 2.73. The maximum absolute atomic E-state index is 5.89. The first-order valence-corrected chi connectivity index (χ1v) is 9.92. The van der Waals surface area contributed by atoms with Crippen molar-refractivity contribution in [2.75, 3.05) is 24.7 Å². The average molecular weight is 309 g/mol. The summed E-state index contributed by atoms with van der Waals surface area (Å²) < 4.78 is 11.7. The lowest BCUT2D eigenvalue weighted by atomic mass is 10.2. The molecule has 0 radical (unpaired) electrons. The van der Waals surface area contributed by atoms with Crippen LogP contribution in [0.3, 0.4) is 0 Å². The largest absolute Gasteiger partial charge is 0.374 e. The second kappa shape index (κ2) is 9.50. The van der Waals surface area contributed by atoms with Gasteiger partial charge in [-0.2, -0.15) is 0 Å². The monoisotopic (exact) mass is 309 g/mol. The van der Waals surface area contributed by atoms with Gasteiger partial charge in [-0.1, -0.05) is 37.3 Å². The molecule has 2 nitrogen and oxygen atoms in total. The third kappa shape index (κ3) is 6.41. The van der Waals surface area contributed by atoms with Crippen molar-refractivity contribution >= 4 is 10.9 Å². The van der Waals surface area contributed by atoms with Crippen molar-refractivity contribution in [1.82, 2.24) is 0 Å². The average Bonchev–Trinajstić information content (AvgIpc) is 2.99. The van der Waals surface area contributed by atoms with Crippen LogP contribution in [0.1, 0.15) is 38.7 Å². The van der Waals surface area contributed by atoms with Gasteiger partial charge in [-0.25, -0.2) is 0 Å². The molecule has 0 amide bonds. The smallest absolute Gasteiger partial charge is 0.134 e. The molecule has 1 aromatic carbocycles. The minimum Gasteiger partial charge on any atom is -0.374 e. The highest BCUT2D eigenvalue weighted by Gasteiger charge is 2.29. The lowest BCUT2D eigenvalue weighted by Gasteiger charge is -2.17. The second-order valence-corrected chi connectivity index (χ2v) is 8.07. The summed E-state index contributed by atoms with van der Waals surface area (Å²) in [5.74, 6) is 3.53. The van der Waals surface area contributed by atoms with Crippen molar-refractivity contribution in [2.24, 2.45) is 0 Å². The van der Waals surface area contributed by atoms with Gasteiger partial charge in [0.25, 0.3) is 0 Å². The van der Waals surface area contributed by atoms with E-state index in [1.165, 1.54) is 29.9 Å². The third-order valence-corrected chi connectivity index (χ3v) is 6.26. The summed E-state index contributed by atoms with van der Waals surface area (Å²) in [6.07, 6.45) is 4.41. The Bertz CT molecular complexity index is 376. The molecule has 1 aliphatic rings. The zero-order valence-electron chi connectivity index (χ0n) is 13.4. The Labute approximate surface area is 132 Å². The van der Waals surface area contributed by atoms with Crippen molar-refractivity contribution in [2.45, 2.75) is 51.1 Å². The molecule has 1 aromatic rings. The van der Waals surface area contributed by atoms with Crippen LogP contribution in [0.2, 0.25) is 0 Å². The zero-order chi connectivity index (χ0) is 14.9. The quantitative estimate of drug-likeness (QED) is 0.646. The molecule has 0 bridgehead atoms. The summed E-state index contributed by atoms with van der Waals surface area (Å²) in [5.41, 5.74) is 1.45. The van der Waals surface area contributed by atoms with Crippen LogP contribution in [0.4, 0.5) is 0 Å². The Balaban J connectivity index is 1.89. The van der Waals surface area contributed by atoms with Gasteiger partial charge in [0.2, 0.25) is 0 Å². The molecule has 3 unspecified atom stereocenters. The molecule has 0 saturated carbocycles. The van der Waals surface area contributed by atoms with Crippen molar-refractivity contribution in [3.05, 3.63) is 35.9 Å². The summed E-state index contributed by atoms with van der Waals surface area (Å²) in [7, 11) is 0.351. The second-order valence-electron chi connectivity index (χ2n) is 5.89. The predicted octanol–water partition coefficient (Wildman–Crippen LogP) is 3.80. The van der Waals surface area contributed by atoms with Crippen molar-refractivity contribution in [3.8, 4) is 0 Å². The molecule has 0 N–H and O–H groups in total. The predicted molar refractivity (Wildman–Crippen MR) is 91.9 cm³/mol. The lowest BCUT2D eigenvalue weighted by Crippen LogP contribution is -2.30. The molecule has 1 fully saturated rings. The summed E-state index contributed by atoms with van der Waals surface area (Å²) in [4.78, 5) is 0. The molecule has 0 spiro atoms. The fraction of sp³-hybridized carbons (Fsp3) is 0.667. The van der Waals surface area contributed by atoms with E-state index in [9.17, 15) is 0 Å². The molecule has 3 heteroatoms. The molecular weight excluding hydrogens is 280 g/mol. The van der Waals surface area contributed by atoms with E-state index in [2.05, 4.69) is 44.2 Å². The van der Waals surface area contributed by atoms with Crippen molar-refractivity contribution in [1.29, 1.82) is 0 Å². The number of ether oxygens (including phenoxy) is 2. The molecule has 0 aromatic heterocycles.